The number of pyridine rings is 1. The lowest BCUT2D eigenvalue weighted by atomic mass is 10.0. The van der Waals surface area contributed by atoms with Gasteiger partial charge in [-0.15, -0.1) is 5.10 Å². The molecule has 0 spiro atoms. The number of aliphatic hydroxyl groups excluding tert-OH is 1. The smallest absolute Gasteiger partial charge is 0.190 e. The third-order valence-corrected chi connectivity index (χ3v) is 4.97. The second-order valence-electron chi connectivity index (χ2n) is 6.88. The summed E-state index contributed by atoms with van der Waals surface area (Å²) >= 11 is 0. The molecule has 1 aliphatic rings. The van der Waals surface area contributed by atoms with E-state index >= 15 is 0 Å². The summed E-state index contributed by atoms with van der Waals surface area (Å²) in [5, 5.41) is 24.1. The molecule has 4 N–H and O–H groups in total. The number of halogens is 2. The van der Waals surface area contributed by atoms with Crippen LogP contribution in [0.1, 0.15) is 5.56 Å². The van der Waals surface area contributed by atoms with Crippen LogP contribution in [-0.2, 0) is 6.42 Å². The van der Waals surface area contributed by atoms with Crippen LogP contribution in [0.4, 0.5) is 20.3 Å². The van der Waals surface area contributed by atoms with Crippen LogP contribution in [0.3, 0.4) is 0 Å². The van der Waals surface area contributed by atoms with E-state index in [4.69, 9.17) is 5.73 Å². The predicted molar refractivity (Wildman–Crippen MR) is 105 cm³/mol. The lowest BCUT2D eigenvalue weighted by Crippen LogP contribution is -2.12. The number of nitrogen functional groups attached to an aromatic ring is 1. The highest BCUT2D eigenvalue weighted by Gasteiger charge is 2.21. The molecule has 0 radical (unpaired) electrons. The Morgan fingerprint density at radius 1 is 1.13 bits per heavy atom. The van der Waals surface area contributed by atoms with Gasteiger partial charge in [0.15, 0.2) is 17.5 Å². The number of hydrogen-bond acceptors (Lipinski definition) is 7. The molecule has 30 heavy (non-hydrogen) atoms. The van der Waals surface area contributed by atoms with Crippen LogP contribution in [-0.4, -0.2) is 36.5 Å². The van der Waals surface area contributed by atoms with Gasteiger partial charge in [-0.2, -0.15) is 4.68 Å². The number of aliphatic hydroxyl groups is 1. The maximum atomic E-state index is 14.3. The molecule has 0 amide bonds. The van der Waals surface area contributed by atoms with E-state index in [0.29, 0.717) is 12.0 Å². The van der Waals surface area contributed by atoms with Crippen molar-refractivity contribution in [2.45, 2.75) is 12.6 Å². The zero-order chi connectivity index (χ0) is 20.8. The van der Waals surface area contributed by atoms with Crippen LogP contribution < -0.4 is 11.1 Å². The first-order chi connectivity index (χ1) is 14.5. The summed E-state index contributed by atoms with van der Waals surface area (Å²) in [4.78, 5) is 4.23. The normalized spacial score (nSPS) is 15.1. The van der Waals surface area contributed by atoms with Gasteiger partial charge in [0.2, 0.25) is 0 Å². The molecule has 0 bridgehead atoms. The summed E-state index contributed by atoms with van der Waals surface area (Å²) in [6.07, 6.45) is 1.53. The maximum absolute atomic E-state index is 14.3. The molecule has 3 heterocycles. The number of fused-ring (bicyclic) bond motifs is 1. The molecule has 150 valence electrons. The Bertz CT molecular complexity index is 1270. The van der Waals surface area contributed by atoms with Gasteiger partial charge < -0.3 is 16.2 Å². The largest absolute Gasteiger partial charge is 0.383 e. The number of anilines is 2. The monoisotopic (exact) mass is 407 g/mol. The van der Waals surface area contributed by atoms with Crippen LogP contribution in [0.2, 0.25) is 0 Å². The van der Waals surface area contributed by atoms with Crippen molar-refractivity contribution < 1.29 is 13.9 Å². The summed E-state index contributed by atoms with van der Waals surface area (Å²) in [5.41, 5.74) is 9.68. The van der Waals surface area contributed by atoms with E-state index in [-0.39, 0.29) is 17.3 Å². The molecule has 0 saturated heterocycles. The number of aromatic nitrogens is 5. The number of nitrogens with one attached hydrogen (secondary N) is 1. The predicted octanol–water partition coefficient (Wildman–Crippen LogP) is 2.54. The van der Waals surface area contributed by atoms with E-state index in [1.54, 1.807) is 12.3 Å². The Morgan fingerprint density at radius 3 is 2.87 bits per heavy atom. The van der Waals surface area contributed by atoms with Gasteiger partial charge >= 0.3 is 0 Å². The van der Waals surface area contributed by atoms with Gasteiger partial charge in [-0.25, -0.2) is 13.8 Å². The Hall–Kier alpha value is -3.92. The van der Waals surface area contributed by atoms with Crippen LogP contribution >= 0.6 is 0 Å². The molecule has 0 saturated carbocycles. The summed E-state index contributed by atoms with van der Waals surface area (Å²) < 4.78 is 29.1. The average Bonchev–Trinajstić information content (AvgIpc) is 3.35. The number of nitrogens with two attached hydrogens (primary N) is 1. The minimum Gasteiger partial charge on any atom is -0.383 e. The molecular formula is C20H15F2N7O. The molecule has 1 unspecified atom stereocenters. The van der Waals surface area contributed by atoms with Gasteiger partial charge in [-0.05, 0) is 45.8 Å². The van der Waals surface area contributed by atoms with Crippen molar-refractivity contribution in [1.82, 2.24) is 25.2 Å². The Balaban J connectivity index is 1.61. The fourth-order valence-electron chi connectivity index (χ4n) is 3.49. The van der Waals surface area contributed by atoms with Gasteiger partial charge in [0.05, 0.1) is 5.56 Å². The summed E-state index contributed by atoms with van der Waals surface area (Å²) in [5.74, 6) is -1.82. The topological polar surface area (TPSA) is 115 Å². The fourth-order valence-corrected chi connectivity index (χ4v) is 3.49. The summed E-state index contributed by atoms with van der Waals surface area (Å²) in [6.45, 7) is 0. The molecule has 1 atom stereocenters. The van der Waals surface area contributed by atoms with Crippen molar-refractivity contribution in [3.8, 4) is 28.2 Å². The molecule has 0 fully saturated rings. The van der Waals surface area contributed by atoms with Crippen LogP contribution in [0, 0.1) is 11.6 Å². The first-order valence-corrected chi connectivity index (χ1v) is 9.08. The van der Waals surface area contributed by atoms with E-state index in [9.17, 15) is 13.9 Å². The van der Waals surface area contributed by atoms with E-state index < -0.39 is 17.9 Å². The molecule has 1 aliphatic heterocycles. The van der Waals surface area contributed by atoms with Crippen LogP contribution in [0.25, 0.3) is 28.2 Å². The summed E-state index contributed by atoms with van der Waals surface area (Å²) in [6, 6.07) is 11.2. The molecular weight excluding hydrogens is 392 g/mol. The number of tetrazole rings is 1. The fraction of sp³-hybridized carbons (Fsp3) is 0.100. The Labute approximate surface area is 169 Å². The lowest BCUT2D eigenvalue weighted by molar-refractivity contribution is 0.212. The van der Waals surface area contributed by atoms with Crippen molar-refractivity contribution in [2.75, 3.05) is 11.1 Å². The molecule has 10 heteroatoms. The summed E-state index contributed by atoms with van der Waals surface area (Å²) in [7, 11) is 0. The van der Waals surface area contributed by atoms with Gasteiger partial charge in [-0.3, -0.25) is 0 Å². The van der Waals surface area contributed by atoms with Gasteiger partial charge in [0.1, 0.15) is 17.7 Å². The standard InChI is InChI=1S/C20H15F2N7O/c21-14-2-1-3-16(18(14)22)29-20(26-27-28-29)13-6-12(9-24-19(13)23)10-4-5-11-8-17(30)25-15(11)7-10/h1-7,9,17,25,30H,8H2,(H2,23,24). The molecule has 2 aromatic heterocycles. The third kappa shape index (κ3) is 2.94. The SMILES string of the molecule is Nc1ncc(-c2ccc3c(c2)NC(O)C3)cc1-c1nnnn1-c1cccc(F)c1F. The molecule has 5 rings (SSSR count). The van der Waals surface area contributed by atoms with Crippen molar-refractivity contribution >= 4 is 11.5 Å². The first-order valence-electron chi connectivity index (χ1n) is 9.08. The minimum atomic E-state index is -1.07. The number of rotatable bonds is 3. The van der Waals surface area contributed by atoms with Crippen LogP contribution in [0.15, 0.2) is 48.7 Å². The second-order valence-corrected chi connectivity index (χ2v) is 6.88. The number of hydrogen-bond donors (Lipinski definition) is 3. The van der Waals surface area contributed by atoms with Crippen molar-refractivity contribution in [2.24, 2.45) is 0 Å². The number of benzene rings is 2. The molecule has 8 nitrogen and oxygen atoms in total. The van der Waals surface area contributed by atoms with Crippen LogP contribution in [0.5, 0.6) is 0 Å². The zero-order valence-electron chi connectivity index (χ0n) is 15.4. The minimum absolute atomic E-state index is 0.126. The highest BCUT2D eigenvalue weighted by atomic mass is 19.2. The first kappa shape index (κ1) is 18.1. The third-order valence-electron chi connectivity index (χ3n) is 4.97. The van der Waals surface area contributed by atoms with E-state index in [2.05, 4.69) is 25.8 Å². The van der Waals surface area contributed by atoms with Gasteiger partial charge in [-0.1, -0.05) is 18.2 Å². The zero-order valence-corrected chi connectivity index (χ0v) is 15.4. The quantitative estimate of drug-likeness (QED) is 0.478. The van der Waals surface area contributed by atoms with Crippen molar-refractivity contribution in [3.05, 3.63) is 65.9 Å². The molecule has 4 aromatic rings. The average molecular weight is 407 g/mol. The van der Waals surface area contributed by atoms with Crippen molar-refractivity contribution in [3.63, 3.8) is 0 Å². The van der Waals surface area contributed by atoms with E-state index in [0.717, 1.165) is 33.1 Å². The van der Waals surface area contributed by atoms with E-state index in [1.807, 2.05) is 18.2 Å². The van der Waals surface area contributed by atoms with Gasteiger partial charge in [0, 0.05) is 23.9 Å². The Morgan fingerprint density at radius 2 is 2.00 bits per heavy atom. The second kappa shape index (κ2) is 6.85. The number of nitrogens with zero attached hydrogens (tertiary/aromatic N) is 5. The van der Waals surface area contributed by atoms with Gasteiger partial charge in [0.25, 0.3) is 0 Å². The molecule has 0 aliphatic carbocycles. The highest BCUT2D eigenvalue weighted by molar-refractivity contribution is 5.78. The van der Waals surface area contributed by atoms with E-state index in [1.165, 1.54) is 12.1 Å². The molecule has 2 aromatic carbocycles. The van der Waals surface area contributed by atoms with Crippen molar-refractivity contribution in [1.29, 1.82) is 0 Å². The lowest BCUT2D eigenvalue weighted by Gasteiger charge is -2.10. The maximum Gasteiger partial charge on any atom is 0.190 e. The highest BCUT2D eigenvalue weighted by Crippen LogP contribution is 2.33. The Kier molecular flexibility index (Phi) is 4.14.